The second-order valence-corrected chi connectivity index (χ2v) is 6.61. The van der Waals surface area contributed by atoms with Gasteiger partial charge in [0, 0.05) is 12.8 Å². The van der Waals surface area contributed by atoms with E-state index < -0.39 is 21.2 Å². The van der Waals surface area contributed by atoms with Crippen LogP contribution in [0.1, 0.15) is 20.3 Å². The monoisotopic (exact) mass is 265 g/mol. The van der Waals surface area contributed by atoms with E-state index in [2.05, 4.69) is 10.5 Å². The number of carbonyl (C=O) groups excluding carboxylic acids is 1. The van der Waals surface area contributed by atoms with Crippen LogP contribution in [0, 0.1) is 5.41 Å². The Kier molecular flexibility index (Phi) is 5.40. The number of amidine groups is 1. The van der Waals surface area contributed by atoms with Gasteiger partial charge in [0.2, 0.25) is 5.91 Å². The SMILES string of the molecule is CC(C)(C(=O)NCCCS(C)(=O)=O)C(N)=NO. The van der Waals surface area contributed by atoms with Crippen LogP contribution in [-0.2, 0) is 14.6 Å². The number of nitrogens with zero attached hydrogens (tertiary/aromatic N) is 1. The summed E-state index contributed by atoms with van der Waals surface area (Å²) in [5.74, 6) is -0.600. The molecule has 0 aliphatic rings. The standard InChI is InChI=1S/C9H19N3O4S/c1-9(2,7(10)12-14)8(13)11-5-4-6-17(3,15)16/h14H,4-6H2,1-3H3,(H2,10,12)(H,11,13). The normalized spacial score (nSPS) is 13.5. The third-order valence-corrected chi connectivity index (χ3v) is 3.32. The predicted molar refractivity (Wildman–Crippen MR) is 64.5 cm³/mol. The molecule has 7 nitrogen and oxygen atoms in total. The van der Waals surface area contributed by atoms with E-state index in [-0.39, 0.29) is 18.1 Å². The first kappa shape index (κ1) is 15.7. The summed E-state index contributed by atoms with van der Waals surface area (Å²) in [4.78, 5) is 11.7. The fraction of sp³-hybridized carbons (Fsp3) is 0.778. The number of oxime groups is 1. The average molecular weight is 265 g/mol. The molecule has 0 rings (SSSR count). The molecule has 0 saturated heterocycles. The molecule has 0 aromatic rings. The van der Waals surface area contributed by atoms with Gasteiger partial charge < -0.3 is 16.3 Å². The Morgan fingerprint density at radius 2 is 2.00 bits per heavy atom. The van der Waals surface area contributed by atoms with Gasteiger partial charge in [-0.3, -0.25) is 4.79 Å². The molecule has 0 spiro atoms. The van der Waals surface area contributed by atoms with E-state index in [1.165, 1.54) is 13.8 Å². The molecule has 0 saturated carbocycles. The Hall–Kier alpha value is -1.31. The molecule has 17 heavy (non-hydrogen) atoms. The van der Waals surface area contributed by atoms with Crippen molar-refractivity contribution in [3.05, 3.63) is 0 Å². The highest BCUT2D eigenvalue weighted by Gasteiger charge is 2.32. The molecule has 0 aromatic carbocycles. The van der Waals surface area contributed by atoms with Crippen LogP contribution in [0.5, 0.6) is 0 Å². The summed E-state index contributed by atoms with van der Waals surface area (Å²) in [6.45, 7) is 3.25. The van der Waals surface area contributed by atoms with E-state index in [4.69, 9.17) is 10.9 Å². The maximum absolute atomic E-state index is 11.7. The Bertz CT molecular complexity index is 400. The Balaban J connectivity index is 4.20. The van der Waals surface area contributed by atoms with Crippen molar-refractivity contribution < 1.29 is 18.4 Å². The largest absolute Gasteiger partial charge is 0.409 e. The molecule has 0 aliphatic carbocycles. The van der Waals surface area contributed by atoms with Crippen LogP contribution in [0.3, 0.4) is 0 Å². The number of amides is 1. The van der Waals surface area contributed by atoms with Crippen LogP contribution in [0.2, 0.25) is 0 Å². The van der Waals surface area contributed by atoms with Gasteiger partial charge in [0.15, 0.2) is 5.84 Å². The molecule has 0 heterocycles. The Morgan fingerprint density at radius 1 is 1.47 bits per heavy atom. The minimum absolute atomic E-state index is 0.0112. The second kappa shape index (κ2) is 5.85. The van der Waals surface area contributed by atoms with Gasteiger partial charge in [-0.05, 0) is 20.3 Å². The molecule has 0 atom stereocenters. The van der Waals surface area contributed by atoms with Gasteiger partial charge in [0.05, 0.1) is 5.75 Å². The highest BCUT2D eigenvalue weighted by Crippen LogP contribution is 2.14. The molecular weight excluding hydrogens is 246 g/mol. The predicted octanol–water partition coefficient (Wildman–Crippen LogP) is -0.690. The van der Waals surface area contributed by atoms with Crippen molar-refractivity contribution in [2.45, 2.75) is 20.3 Å². The first-order chi connectivity index (χ1) is 7.61. The topological polar surface area (TPSA) is 122 Å². The first-order valence-corrected chi connectivity index (χ1v) is 7.11. The van der Waals surface area contributed by atoms with Gasteiger partial charge in [-0.1, -0.05) is 5.16 Å². The van der Waals surface area contributed by atoms with Crippen molar-refractivity contribution >= 4 is 21.6 Å². The molecule has 0 aromatic heterocycles. The smallest absolute Gasteiger partial charge is 0.233 e. The molecule has 0 unspecified atom stereocenters. The third kappa shape index (κ3) is 5.53. The van der Waals surface area contributed by atoms with Crippen molar-refractivity contribution in [1.29, 1.82) is 0 Å². The quantitative estimate of drug-likeness (QED) is 0.193. The molecule has 0 aliphatic heterocycles. The minimum atomic E-state index is -3.02. The second-order valence-electron chi connectivity index (χ2n) is 4.35. The van der Waals surface area contributed by atoms with Gasteiger partial charge in [0.25, 0.3) is 0 Å². The van der Waals surface area contributed by atoms with Crippen molar-refractivity contribution in [2.24, 2.45) is 16.3 Å². The zero-order chi connectivity index (χ0) is 13.7. The molecule has 0 fully saturated rings. The van der Waals surface area contributed by atoms with Crippen LogP contribution in [0.25, 0.3) is 0 Å². The number of hydrogen-bond acceptors (Lipinski definition) is 5. The van der Waals surface area contributed by atoms with Crippen LogP contribution < -0.4 is 11.1 Å². The minimum Gasteiger partial charge on any atom is -0.409 e. The van der Waals surface area contributed by atoms with Gasteiger partial charge in [-0.2, -0.15) is 0 Å². The van der Waals surface area contributed by atoms with Crippen molar-refractivity contribution in [2.75, 3.05) is 18.6 Å². The molecule has 4 N–H and O–H groups in total. The number of nitrogens with one attached hydrogen (secondary N) is 1. The van der Waals surface area contributed by atoms with E-state index >= 15 is 0 Å². The van der Waals surface area contributed by atoms with Crippen LogP contribution in [-0.4, -0.2) is 43.9 Å². The molecular formula is C9H19N3O4S. The van der Waals surface area contributed by atoms with Crippen LogP contribution in [0.15, 0.2) is 5.16 Å². The van der Waals surface area contributed by atoms with E-state index in [1.54, 1.807) is 0 Å². The molecule has 0 radical (unpaired) electrons. The summed E-state index contributed by atoms with van der Waals surface area (Å²) >= 11 is 0. The summed E-state index contributed by atoms with van der Waals surface area (Å²) in [6.07, 6.45) is 1.46. The summed E-state index contributed by atoms with van der Waals surface area (Å²) in [5.41, 5.74) is 4.24. The van der Waals surface area contributed by atoms with E-state index in [0.717, 1.165) is 6.26 Å². The summed E-state index contributed by atoms with van der Waals surface area (Å²) in [5, 5.41) is 13.8. The number of carbonyl (C=O) groups is 1. The van der Waals surface area contributed by atoms with Crippen molar-refractivity contribution in [3.8, 4) is 0 Å². The maximum Gasteiger partial charge on any atom is 0.233 e. The van der Waals surface area contributed by atoms with Crippen LogP contribution >= 0.6 is 0 Å². The molecule has 1 amide bonds. The molecule has 0 bridgehead atoms. The fourth-order valence-electron chi connectivity index (χ4n) is 0.999. The lowest BCUT2D eigenvalue weighted by molar-refractivity contribution is -0.126. The zero-order valence-electron chi connectivity index (χ0n) is 10.2. The summed E-state index contributed by atoms with van der Waals surface area (Å²) in [6, 6.07) is 0. The highest BCUT2D eigenvalue weighted by atomic mass is 32.2. The number of hydrogen-bond donors (Lipinski definition) is 3. The highest BCUT2D eigenvalue weighted by molar-refractivity contribution is 7.90. The summed E-state index contributed by atoms with van der Waals surface area (Å²) in [7, 11) is -3.02. The maximum atomic E-state index is 11.7. The van der Waals surface area contributed by atoms with E-state index in [0.29, 0.717) is 6.42 Å². The Labute approximate surface area is 101 Å². The van der Waals surface area contributed by atoms with Gasteiger partial charge in [0.1, 0.15) is 15.3 Å². The number of sulfone groups is 1. The fourth-order valence-corrected chi connectivity index (χ4v) is 1.67. The van der Waals surface area contributed by atoms with Crippen molar-refractivity contribution in [1.82, 2.24) is 5.32 Å². The van der Waals surface area contributed by atoms with E-state index in [1.807, 2.05) is 0 Å². The number of rotatable bonds is 6. The molecule has 8 heteroatoms. The lowest BCUT2D eigenvalue weighted by Crippen LogP contribution is -2.46. The average Bonchev–Trinajstić information content (AvgIpc) is 2.21. The van der Waals surface area contributed by atoms with Crippen molar-refractivity contribution in [3.63, 3.8) is 0 Å². The van der Waals surface area contributed by atoms with Gasteiger partial charge in [-0.15, -0.1) is 0 Å². The van der Waals surface area contributed by atoms with Crippen LogP contribution in [0.4, 0.5) is 0 Å². The summed E-state index contributed by atoms with van der Waals surface area (Å²) < 4.78 is 21.7. The van der Waals surface area contributed by atoms with Gasteiger partial charge >= 0.3 is 0 Å². The Morgan fingerprint density at radius 3 is 2.41 bits per heavy atom. The third-order valence-electron chi connectivity index (χ3n) is 2.29. The first-order valence-electron chi connectivity index (χ1n) is 5.05. The number of nitrogens with two attached hydrogens (primary N) is 1. The molecule has 100 valence electrons. The van der Waals surface area contributed by atoms with E-state index in [9.17, 15) is 13.2 Å². The lowest BCUT2D eigenvalue weighted by Gasteiger charge is -2.21. The zero-order valence-corrected chi connectivity index (χ0v) is 11.0. The lowest BCUT2D eigenvalue weighted by atomic mass is 9.91. The van der Waals surface area contributed by atoms with Gasteiger partial charge in [-0.25, -0.2) is 8.42 Å².